The molecule has 18 heavy (non-hydrogen) atoms. The second-order valence-corrected chi connectivity index (χ2v) is 3.60. The van der Waals surface area contributed by atoms with Gasteiger partial charge in [0.1, 0.15) is 0 Å². The van der Waals surface area contributed by atoms with E-state index in [0.29, 0.717) is 5.69 Å². The van der Waals surface area contributed by atoms with E-state index in [-0.39, 0.29) is 12.1 Å². The van der Waals surface area contributed by atoms with Crippen LogP contribution in [0.1, 0.15) is 5.56 Å². The summed E-state index contributed by atoms with van der Waals surface area (Å²) in [6.07, 6.45) is 1.24. The quantitative estimate of drug-likeness (QED) is 0.518. The van der Waals surface area contributed by atoms with Crippen LogP contribution in [-0.4, -0.2) is 4.98 Å². The average Bonchev–Trinajstić information content (AvgIpc) is 2.35. The van der Waals surface area contributed by atoms with Gasteiger partial charge in [-0.15, -0.1) is 0 Å². The van der Waals surface area contributed by atoms with Crippen molar-refractivity contribution in [2.75, 3.05) is 5.32 Å². The fourth-order valence-corrected chi connectivity index (χ4v) is 1.39. The maximum Gasteiger partial charge on any atom is 0.212 e. The van der Waals surface area contributed by atoms with Crippen molar-refractivity contribution >= 4 is 5.69 Å². The molecule has 1 aromatic carbocycles. The molecule has 0 bridgehead atoms. The van der Waals surface area contributed by atoms with Gasteiger partial charge in [0.2, 0.25) is 5.95 Å². The number of nitrogens with one attached hydrogen (secondary N) is 1. The number of anilines is 1. The van der Waals surface area contributed by atoms with E-state index in [4.69, 9.17) is 0 Å². The fraction of sp³-hybridized carbons (Fsp3) is 0.0833. The average molecular weight is 256 g/mol. The van der Waals surface area contributed by atoms with Crippen molar-refractivity contribution in [2.24, 2.45) is 0 Å². The fourth-order valence-electron chi connectivity index (χ4n) is 1.39. The van der Waals surface area contributed by atoms with E-state index in [1.807, 2.05) is 0 Å². The van der Waals surface area contributed by atoms with E-state index in [1.165, 1.54) is 12.3 Å². The third-order valence-electron chi connectivity index (χ3n) is 2.27. The third-order valence-corrected chi connectivity index (χ3v) is 2.27. The van der Waals surface area contributed by atoms with Gasteiger partial charge in [-0.2, -0.15) is 4.39 Å². The summed E-state index contributed by atoms with van der Waals surface area (Å²) in [5.74, 6) is -4.62. The Hall–Kier alpha value is -2.11. The smallest absolute Gasteiger partial charge is 0.212 e. The molecule has 94 valence electrons. The Kier molecular flexibility index (Phi) is 3.45. The molecule has 0 unspecified atom stereocenters. The minimum atomic E-state index is -1.50. The van der Waals surface area contributed by atoms with E-state index < -0.39 is 23.4 Å². The monoisotopic (exact) mass is 256 g/mol. The molecule has 2 rings (SSSR count). The number of aromatic nitrogens is 1. The van der Waals surface area contributed by atoms with Crippen molar-refractivity contribution in [3.63, 3.8) is 0 Å². The highest BCUT2D eigenvalue weighted by atomic mass is 19.2. The van der Waals surface area contributed by atoms with Gasteiger partial charge >= 0.3 is 0 Å². The lowest BCUT2D eigenvalue weighted by molar-refractivity contribution is 0.445. The summed E-state index contributed by atoms with van der Waals surface area (Å²) in [5, 5.41) is 2.78. The Morgan fingerprint density at radius 1 is 1.00 bits per heavy atom. The van der Waals surface area contributed by atoms with Gasteiger partial charge in [0.15, 0.2) is 17.5 Å². The first-order valence-corrected chi connectivity index (χ1v) is 5.05. The highest BCUT2D eigenvalue weighted by molar-refractivity contribution is 5.40. The molecule has 1 heterocycles. The van der Waals surface area contributed by atoms with Crippen LogP contribution in [0, 0.1) is 23.4 Å². The van der Waals surface area contributed by atoms with E-state index in [1.54, 1.807) is 0 Å². The Bertz CT molecular complexity index is 531. The SMILES string of the molecule is Fc1ccc(NCc2cc(F)c(F)c(F)c2)cn1. The summed E-state index contributed by atoms with van der Waals surface area (Å²) >= 11 is 0. The second-order valence-electron chi connectivity index (χ2n) is 3.60. The van der Waals surface area contributed by atoms with Crippen LogP contribution in [0.5, 0.6) is 0 Å². The van der Waals surface area contributed by atoms with Crippen molar-refractivity contribution < 1.29 is 17.6 Å². The van der Waals surface area contributed by atoms with Crippen molar-refractivity contribution in [3.05, 3.63) is 59.4 Å². The summed E-state index contributed by atoms with van der Waals surface area (Å²) in [7, 11) is 0. The zero-order chi connectivity index (χ0) is 13.1. The van der Waals surface area contributed by atoms with Gasteiger partial charge in [-0.1, -0.05) is 0 Å². The molecule has 0 amide bonds. The first kappa shape index (κ1) is 12.3. The van der Waals surface area contributed by atoms with Crippen LogP contribution < -0.4 is 5.32 Å². The molecule has 0 aliphatic carbocycles. The maximum atomic E-state index is 12.9. The summed E-state index contributed by atoms with van der Waals surface area (Å²) in [4.78, 5) is 3.40. The zero-order valence-corrected chi connectivity index (χ0v) is 9.05. The minimum Gasteiger partial charge on any atom is -0.380 e. The Morgan fingerprint density at radius 2 is 1.67 bits per heavy atom. The number of benzene rings is 1. The van der Waals surface area contributed by atoms with Gasteiger partial charge in [-0.05, 0) is 29.8 Å². The lowest BCUT2D eigenvalue weighted by atomic mass is 10.2. The molecule has 0 atom stereocenters. The van der Waals surface area contributed by atoms with Gasteiger partial charge in [0, 0.05) is 6.54 Å². The molecule has 1 aromatic heterocycles. The van der Waals surface area contributed by atoms with Crippen molar-refractivity contribution in [1.29, 1.82) is 0 Å². The van der Waals surface area contributed by atoms with Crippen LogP contribution in [0.3, 0.4) is 0 Å². The van der Waals surface area contributed by atoms with Crippen molar-refractivity contribution in [3.8, 4) is 0 Å². The number of pyridine rings is 1. The summed E-state index contributed by atoms with van der Waals surface area (Å²) in [5.41, 5.74) is 0.720. The zero-order valence-electron chi connectivity index (χ0n) is 9.05. The molecule has 0 fully saturated rings. The second kappa shape index (κ2) is 5.03. The van der Waals surface area contributed by atoms with Gasteiger partial charge in [-0.25, -0.2) is 18.2 Å². The summed E-state index contributed by atoms with van der Waals surface area (Å²) in [6.45, 7) is 0.0709. The van der Waals surface area contributed by atoms with Crippen molar-refractivity contribution in [2.45, 2.75) is 6.54 Å². The maximum absolute atomic E-state index is 12.9. The van der Waals surface area contributed by atoms with Crippen LogP contribution in [0.15, 0.2) is 30.5 Å². The Balaban J connectivity index is 2.08. The number of hydrogen-bond acceptors (Lipinski definition) is 2. The number of hydrogen-bond donors (Lipinski definition) is 1. The number of rotatable bonds is 3. The molecule has 0 saturated carbocycles. The van der Waals surface area contributed by atoms with Gasteiger partial charge < -0.3 is 5.32 Å². The molecule has 1 N–H and O–H groups in total. The topological polar surface area (TPSA) is 24.9 Å². The van der Waals surface area contributed by atoms with Gasteiger partial charge in [0.25, 0.3) is 0 Å². The molecule has 0 aliphatic heterocycles. The van der Waals surface area contributed by atoms with Crippen LogP contribution in [0.25, 0.3) is 0 Å². The predicted molar refractivity (Wildman–Crippen MR) is 57.8 cm³/mol. The lowest BCUT2D eigenvalue weighted by Gasteiger charge is -2.06. The lowest BCUT2D eigenvalue weighted by Crippen LogP contribution is -2.02. The van der Waals surface area contributed by atoms with E-state index in [2.05, 4.69) is 10.3 Å². The summed E-state index contributed by atoms with van der Waals surface area (Å²) < 4.78 is 51.0. The molecule has 0 saturated heterocycles. The third kappa shape index (κ3) is 2.77. The molecule has 0 aliphatic rings. The predicted octanol–water partition coefficient (Wildman–Crippen LogP) is 3.25. The Morgan fingerprint density at radius 3 is 2.22 bits per heavy atom. The van der Waals surface area contributed by atoms with Crippen molar-refractivity contribution in [1.82, 2.24) is 4.98 Å². The van der Waals surface area contributed by atoms with Crippen LogP contribution >= 0.6 is 0 Å². The minimum absolute atomic E-state index is 0.0709. The molecular weight excluding hydrogens is 248 g/mol. The van der Waals surface area contributed by atoms with Crippen LogP contribution in [0.4, 0.5) is 23.2 Å². The molecule has 0 radical (unpaired) electrons. The normalized spacial score (nSPS) is 10.4. The molecule has 0 spiro atoms. The first-order valence-electron chi connectivity index (χ1n) is 5.05. The van der Waals surface area contributed by atoms with Crippen LogP contribution in [0.2, 0.25) is 0 Å². The van der Waals surface area contributed by atoms with Crippen LogP contribution in [-0.2, 0) is 6.54 Å². The molecule has 2 nitrogen and oxygen atoms in total. The highest BCUT2D eigenvalue weighted by Crippen LogP contribution is 2.15. The molecular formula is C12H8F4N2. The first-order chi connectivity index (χ1) is 8.56. The molecule has 2 aromatic rings. The Labute approximate surface area is 100 Å². The summed E-state index contributed by atoms with van der Waals surface area (Å²) in [6, 6.07) is 4.36. The highest BCUT2D eigenvalue weighted by Gasteiger charge is 2.10. The van der Waals surface area contributed by atoms with E-state index in [9.17, 15) is 17.6 Å². The molecule has 6 heteroatoms. The number of halogens is 4. The largest absolute Gasteiger partial charge is 0.380 e. The van der Waals surface area contributed by atoms with Gasteiger partial charge in [0.05, 0.1) is 11.9 Å². The van der Waals surface area contributed by atoms with Gasteiger partial charge in [-0.3, -0.25) is 0 Å². The van der Waals surface area contributed by atoms with E-state index in [0.717, 1.165) is 18.2 Å². The standard InChI is InChI=1S/C12H8F4N2/c13-9-3-7(4-10(14)12(9)16)5-17-8-1-2-11(15)18-6-8/h1-4,6,17H,5H2. The number of nitrogens with zero attached hydrogens (tertiary/aromatic N) is 1. The van der Waals surface area contributed by atoms with E-state index >= 15 is 0 Å².